The molecule has 6 heteroatoms. The molecule has 0 bridgehead atoms. The molecule has 84 valence electrons. The van der Waals surface area contributed by atoms with E-state index in [1.807, 2.05) is 29.6 Å². The van der Waals surface area contributed by atoms with Crippen molar-refractivity contribution in [1.82, 2.24) is 0 Å². The van der Waals surface area contributed by atoms with Crippen LogP contribution in [0.2, 0.25) is 0 Å². The van der Waals surface area contributed by atoms with Crippen LogP contribution in [0.4, 0.5) is 5.69 Å². The molecule has 1 heterocycles. The van der Waals surface area contributed by atoms with Crippen LogP contribution in [0.25, 0.3) is 10.4 Å². The van der Waals surface area contributed by atoms with Gasteiger partial charge in [-0.1, -0.05) is 18.2 Å². The first-order chi connectivity index (χ1) is 7.54. The van der Waals surface area contributed by atoms with Crippen LogP contribution in [0.15, 0.2) is 41.8 Å². The quantitative estimate of drug-likeness (QED) is 0.879. The second kappa shape index (κ2) is 4.25. The van der Waals surface area contributed by atoms with Crippen LogP contribution < -0.4 is 9.86 Å². The summed E-state index contributed by atoms with van der Waals surface area (Å²) in [5.41, 5.74) is 1.51. The normalized spacial score (nSPS) is 11.3. The van der Waals surface area contributed by atoms with E-state index in [4.69, 9.17) is 5.14 Å². The number of benzene rings is 1. The topological polar surface area (TPSA) is 72.2 Å². The van der Waals surface area contributed by atoms with Crippen LogP contribution in [0.5, 0.6) is 0 Å². The van der Waals surface area contributed by atoms with Gasteiger partial charge in [-0.3, -0.25) is 4.72 Å². The Kier molecular flexibility index (Phi) is 2.95. The van der Waals surface area contributed by atoms with Crippen molar-refractivity contribution in [2.24, 2.45) is 5.14 Å². The zero-order valence-electron chi connectivity index (χ0n) is 8.25. The lowest BCUT2D eigenvalue weighted by molar-refractivity contribution is 0.603. The predicted molar refractivity (Wildman–Crippen MR) is 66.5 cm³/mol. The molecule has 2 rings (SSSR count). The molecule has 3 N–H and O–H groups in total. The van der Waals surface area contributed by atoms with Gasteiger partial charge in [0.1, 0.15) is 0 Å². The fourth-order valence-electron chi connectivity index (χ4n) is 1.31. The summed E-state index contributed by atoms with van der Waals surface area (Å²) >= 11 is 1.63. The summed E-state index contributed by atoms with van der Waals surface area (Å²) in [6.07, 6.45) is 0. The molecule has 0 fully saturated rings. The van der Waals surface area contributed by atoms with E-state index in [1.54, 1.807) is 23.5 Å². The molecule has 0 saturated carbocycles. The van der Waals surface area contributed by atoms with Crippen molar-refractivity contribution < 1.29 is 8.42 Å². The van der Waals surface area contributed by atoms with Crippen molar-refractivity contribution in [3.05, 3.63) is 41.8 Å². The van der Waals surface area contributed by atoms with Crippen molar-refractivity contribution in [2.45, 2.75) is 0 Å². The third-order valence-corrected chi connectivity index (χ3v) is 3.39. The SMILES string of the molecule is NS(=O)(=O)Nc1ccc(-c2cccs2)cc1. The number of nitrogens with two attached hydrogens (primary N) is 1. The highest BCUT2D eigenvalue weighted by atomic mass is 32.2. The Bertz CT molecular complexity index is 559. The average molecular weight is 254 g/mol. The Morgan fingerprint density at radius 2 is 1.81 bits per heavy atom. The van der Waals surface area contributed by atoms with Crippen LogP contribution >= 0.6 is 11.3 Å². The van der Waals surface area contributed by atoms with Gasteiger partial charge in [0.05, 0.1) is 0 Å². The maximum absolute atomic E-state index is 10.8. The van der Waals surface area contributed by atoms with E-state index in [0.717, 1.165) is 10.4 Å². The van der Waals surface area contributed by atoms with E-state index in [2.05, 4.69) is 4.72 Å². The van der Waals surface area contributed by atoms with Crippen LogP contribution in [-0.4, -0.2) is 8.42 Å². The van der Waals surface area contributed by atoms with Crippen molar-refractivity contribution in [2.75, 3.05) is 4.72 Å². The molecule has 0 unspecified atom stereocenters. The molecule has 1 aromatic heterocycles. The Hall–Kier alpha value is -1.37. The van der Waals surface area contributed by atoms with E-state index in [1.165, 1.54) is 0 Å². The molecule has 1 aromatic carbocycles. The molecule has 0 saturated heterocycles. The first-order valence-electron chi connectivity index (χ1n) is 4.49. The summed E-state index contributed by atoms with van der Waals surface area (Å²) in [6.45, 7) is 0. The van der Waals surface area contributed by atoms with Gasteiger partial charge in [-0.2, -0.15) is 8.42 Å². The molecule has 2 aromatic rings. The lowest BCUT2D eigenvalue weighted by Gasteiger charge is -2.04. The molecular formula is C10H10N2O2S2. The standard InChI is InChI=1S/C10H10N2O2S2/c11-16(13,14)12-9-5-3-8(4-6-9)10-2-1-7-15-10/h1-7,12H,(H2,11,13,14). The Morgan fingerprint density at radius 3 is 2.31 bits per heavy atom. The monoisotopic (exact) mass is 254 g/mol. The van der Waals surface area contributed by atoms with Crippen LogP contribution in [-0.2, 0) is 10.2 Å². The van der Waals surface area contributed by atoms with Gasteiger partial charge < -0.3 is 0 Å². The fourth-order valence-corrected chi connectivity index (χ4v) is 2.51. The molecule has 0 spiro atoms. The van der Waals surface area contributed by atoms with Gasteiger partial charge in [-0.05, 0) is 29.1 Å². The van der Waals surface area contributed by atoms with Crippen molar-refractivity contribution in [3.63, 3.8) is 0 Å². The maximum atomic E-state index is 10.8. The summed E-state index contributed by atoms with van der Waals surface area (Å²) in [4.78, 5) is 1.14. The molecule has 4 nitrogen and oxygen atoms in total. The minimum atomic E-state index is -3.69. The third kappa shape index (κ3) is 2.82. The average Bonchev–Trinajstić information content (AvgIpc) is 2.69. The summed E-state index contributed by atoms with van der Waals surface area (Å²) < 4.78 is 23.8. The predicted octanol–water partition coefficient (Wildman–Crippen LogP) is 2.03. The number of hydrogen-bond acceptors (Lipinski definition) is 3. The zero-order chi connectivity index (χ0) is 11.6. The van der Waals surface area contributed by atoms with Crippen molar-refractivity contribution in [1.29, 1.82) is 0 Å². The molecule has 0 radical (unpaired) electrons. The van der Waals surface area contributed by atoms with Gasteiger partial charge in [0.2, 0.25) is 0 Å². The largest absolute Gasteiger partial charge is 0.296 e. The van der Waals surface area contributed by atoms with Crippen LogP contribution in [0.1, 0.15) is 0 Å². The molecule has 0 amide bonds. The van der Waals surface area contributed by atoms with E-state index in [0.29, 0.717) is 5.69 Å². The van der Waals surface area contributed by atoms with Gasteiger partial charge in [0.25, 0.3) is 10.2 Å². The highest BCUT2D eigenvalue weighted by Gasteiger charge is 2.02. The number of nitrogens with one attached hydrogen (secondary N) is 1. The maximum Gasteiger partial charge on any atom is 0.296 e. The molecule has 0 aliphatic heterocycles. The first-order valence-corrected chi connectivity index (χ1v) is 6.92. The van der Waals surface area contributed by atoms with Gasteiger partial charge in [0, 0.05) is 10.6 Å². The Balaban J connectivity index is 2.24. The number of thiophene rings is 1. The Labute approximate surface area is 97.9 Å². The number of hydrogen-bond donors (Lipinski definition) is 2. The van der Waals surface area contributed by atoms with E-state index in [9.17, 15) is 8.42 Å². The number of anilines is 1. The van der Waals surface area contributed by atoms with Crippen LogP contribution in [0, 0.1) is 0 Å². The summed E-state index contributed by atoms with van der Waals surface area (Å²) in [6, 6.07) is 11.0. The smallest absolute Gasteiger partial charge is 0.271 e. The summed E-state index contributed by atoms with van der Waals surface area (Å²) in [5, 5.41) is 6.86. The van der Waals surface area contributed by atoms with E-state index in [-0.39, 0.29) is 0 Å². The Morgan fingerprint density at radius 1 is 1.12 bits per heavy atom. The van der Waals surface area contributed by atoms with E-state index < -0.39 is 10.2 Å². The molecule has 0 aliphatic carbocycles. The van der Waals surface area contributed by atoms with Gasteiger partial charge in [0.15, 0.2) is 0 Å². The lowest BCUT2D eigenvalue weighted by atomic mass is 10.2. The van der Waals surface area contributed by atoms with Crippen LogP contribution in [0.3, 0.4) is 0 Å². The van der Waals surface area contributed by atoms with E-state index >= 15 is 0 Å². The van der Waals surface area contributed by atoms with Crippen molar-refractivity contribution >= 4 is 27.2 Å². The lowest BCUT2D eigenvalue weighted by Crippen LogP contribution is -2.21. The second-order valence-corrected chi connectivity index (χ2v) is 5.44. The zero-order valence-corrected chi connectivity index (χ0v) is 9.88. The van der Waals surface area contributed by atoms with Gasteiger partial charge >= 0.3 is 0 Å². The number of rotatable bonds is 3. The minimum absolute atomic E-state index is 0.461. The third-order valence-electron chi connectivity index (χ3n) is 1.95. The summed E-state index contributed by atoms with van der Waals surface area (Å²) in [5.74, 6) is 0. The highest BCUT2D eigenvalue weighted by Crippen LogP contribution is 2.25. The summed E-state index contributed by atoms with van der Waals surface area (Å²) in [7, 11) is -3.69. The van der Waals surface area contributed by atoms with Gasteiger partial charge in [-0.25, -0.2) is 5.14 Å². The van der Waals surface area contributed by atoms with Crippen molar-refractivity contribution in [3.8, 4) is 10.4 Å². The second-order valence-electron chi connectivity index (χ2n) is 3.20. The molecule has 0 aliphatic rings. The fraction of sp³-hybridized carbons (Fsp3) is 0. The molecule has 0 atom stereocenters. The van der Waals surface area contributed by atoms with Gasteiger partial charge in [-0.15, -0.1) is 11.3 Å². The molecular weight excluding hydrogens is 244 g/mol. The highest BCUT2D eigenvalue weighted by molar-refractivity contribution is 7.90. The minimum Gasteiger partial charge on any atom is -0.271 e. The molecule has 16 heavy (non-hydrogen) atoms. The first kappa shape index (κ1) is 11.1.